The molecular formula is C14H16IN3O. The molecular weight excluding hydrogens is 353 g/mol. The van der Waals surface area contributed by atoms with E-state index in [9.17, 15) is 0 Å². The van der Waals surface area contributed by atoms with Crippen molar-refractivity contribution in [2.24, 2.45) is 0 Å². The van der Waals surface area contributed by atoms with Crippen LogP contribution in [0.4, 0.5) is 5.69 Å². The molecule has 0 bridgehead atoms. The molecule has 1 aliphatic carbocycles. The lowest BCUT2D eigenvalue weighted by molar-refractivity contribution is 0.385. The second-order valence-corrected chi connectivity index (χ2v) is 6.27. The maximum Gasteiger partial charge on any atom is 0.260 e. The first-order chi connectivity index (χ1) is 9.24. The highest BCUT2D eigenvalue weighted by Crippen LogP contribution is 2.33. The standard InChI is InChI=1S/C14H16IN3O/c15-10-6-7-12(16)11(8-10)14-17-13(18-19-14)9-4-2-1-3-5-9/h6-9H,1-5,16H2. The minimum absolute atomic E-state index is 0.454. The van der Waals surface area contributed by atoms with Gasteiger partial charge in [0, 0.05) is 15.2 Å². The Balaban J connectivity index is 1.89. The smallest absolute Gasteiger partial charge is 0.260 e. The van der Waals surface area contributed by atoms with Gasteiger partial charge in [-0.1, -0.05) is 24.4 Å². The third-order valence-electron chi connectivity index (χ3n) is 3.66. The van der Waals surface area contributed by atoms with E-state index in [1.807, 2.05) is 18.2 Å². The van der Waals surface area contributed by atoms with Gasteiger partial charge in [0.15, 0.2) is 5.82 Å². The van der Waals surface area contributed by atoms with E-state index in [4.69, 9.17) is 10.3 Å². The molecule has 2 N–H and O–H groups in total. The fourth-order valence-electron chi connectivity index (χ4n) is 2.58. The molecule has 1 fully saturated rings. The summed E-state index contributed by atoms with van der Waals surface area (Å²) in [6.07, 6.45) is 6.19. The van der Waals surface area contributed by atoms with E-state index in [1.54, 1.807) is 0 Å². The number of anilines is 1. The lowest BCUT2D eigenvalue weighted by atomic mass is 9.89. The molecule has 19 heavy (non-hydrogen) atoms. The molecule has 1 aliphatic rings. The quantitative estimate of drug-likeness (QED) is 0.643. The van der Waals surface area contributed by atoms with E-state index in [1.165, 1.54) is 32.1 Å². The van der Waals surface area contributed by atoms with Crippen LogP contribution in [0.15, 0.2) is 22.7 Å². The van der Waals surface area contributed by atoms with Crippen molar-refractivity contribution in [1.29, 1.82) is 0 Å². The number of nitrogens with two attached hydrogens (primary N) is 1. The Morgan fingerprint density at radius 2 is 2.00 bits per heavy atom. The number of nitrogens with zero attached hydrogens (tertiary/aromatic N) is 2. The Morgan fingerprint density at radius 3 is 2.79 bits per heavy atom. The molecule has 0 radical (unpaired) electrons. The average Bonchev–Trinajstić information content (AvgIpc) is 2.92. The van der Waals surface area contributed by atoms with Gasteiger partial charge < -0.3 is 10.3 Å². The Morgan fingerprint density at radius 1 is 1.21 bits per heavy atom. The van der Waals surface area contributed by atoms with Crippen molar-refractivity contribution < 1.29 is 4.52 Å². The summed E-state index contributed by atoms with van der Waals surface area (Å²) in [5, 5.41) is 4.14. The highest BCUT2D eigenvalue weighted by molar-refractivity contribution is 14.1. The lowest BCUT2D eigenvalue weighted by Crippen LogP contribution is -2.06. The normalized spacial score (nSPS) is 16.7. The second kappa shape index (κ2) is 5.48. The average molecular weight is 369 g/mol. The van der Waals surface area contributed by atoms with Crippen LogP contribution < -0.4 is 5.73 Å². The van der Waals surface area contributed by atoms with E-state index >= 15 is 0 Å². The summed E-state index contributed by atoms with van der Waals surface area (Å²) in [4.78, 5) is 4.54. The molecule has 0 aliphatic heterocycles. The highest BCUT2D eigenvalue weighted by atomic mass is 127. The van der Waals surface area contributed by atoms with Crippen molar-refractivity contribution in [3.63, 3.8) is 0 Å². The summed E-state index contributed by atoms with van der Waals surface area (Å²) in [5.74, 6) is 1.83. The molecule has 1 saturated carbocycles. The summed E-state index contributed by atoms with van der Waals surface area (Å²) < 4.78 is 6.51. The van der Waals surface area contributed by atoms with E-state index in [0.717, 1.165) is 15.0 Å². The van der Waals surface area contributed by atoms with Crippen molar-refractivity contribution in [3.05, 3.63) is 27.6 Å². The first-order valence-electron chi connectivity index (χ1n) is 6.63. The van der Waals surface area contributed by atoms with Crippen molar-refractivity contribution in [1.82, 2.24) is 10.1 Å². The Kier molecular flexibility index (Phi) is 3.72. The number of aromatic nitrogens is 2. The van der Waals surface area contributed by atoms with Crippen LogP contribution in [0.1, 0.15) is 43.8 Å². The molecule has 4 nitrogen and oxygen atoms in total. The molecule has 0 amide bonds. The molecule has 2 aromatic rings. The summed E-state index contributed by atoms with van der Waals surface area (Å²) in [6.45, 7) is 0. The predicted octanol–water partition coefficient (Wildman–Crippen LogP) is 3.97. The number of halogens is 1. The van der Waals surface area contributed by atoms with Gasteiger partial charge in [-0.15, -0.1) is 0 Å². The number of hydrogen-bond acceptors (Lipinski definition) is 4. The van der Waals surface area contributed by atoms with Gasteiger partial charge in [0.2, 0.25) is 0 Å². The van der Waals surface area contributed by atoms with E-state index in [2.05, 4.69) is 32.7 Å². The minimum Gasteiger partial charge on any atom is -0.398 e. The number of benzene rings is 1. The number of hydrogen-bond donors (Lipinski definition) is 1. The van der Waals surface area contributed by atoms with Gasteiger partial charge in [0.25, 0.3) is 5.89 Å². The highest BCUT2D eigenvalue weighted by Gasteiger charge is 2.21. The molecule has 5 heteroatoms. The van der Waals surface area contributed by atoms with E-state index in [-0.39, 0.29) is 0 Å². The van der Waals surface area contributed by atoms with Crippen LogP contribution in [0, 0.1) is 3.57 Å². The van der Waals surface area contributed by atoms with Gasteiger partial charge in [-0.25, -0.2) is 0 Å². The molecule has 0 unspecified atom stereocenters. The molecule has 0 spiro atoms. The zero-order valence-electron chi connectivity index (χ0n) is 10.6. The molecule has 1 heterocycles. The monoisotopic (exact) mass is 369 g/mol. The molecule has 0 saturated heterocycles. The van der Waals surface area contributed by atoms with Crippen LogP contribution >= 0.6 is 22.6 Å². The Hall–Kier alpha value is -1.11. The van der Waals surface area contributed by atoms with Gasteiger partial charge in [0.05, 0.1) is 5.56 Å². The van der Waals surface area contributed by atoms with Gasteiger partial charge in [0.1, 0.15) is 0 Å². The summed E-state index contributed by atoms with van der Waals surface area (Å²) in [6, 6.07) is 5.83. The van der Waals surface area contributed by atoms with E-state index < -0.39 is 0 Å². The maximum absolute atomic E-state index is 5.98. The minimum atomic E-state index is 0.454. The number of nitrogen functional groups attached to an aromatic ring is 1. The summed E-state index contributed by atoms with van der Waals surface area (Å²) in [7, 11) is 0. The molecule has 3 rings (SSSR count). The van der Waals surface area contributed by atoms with Crippen molar-refractivity contribution in [2.45, 2.75) is 38.0 Å². The van der Waals surface area contributed by atoms with Gasteiger partial charge in [-0.3, -0.25) is 0 Å². The fraction of sp³-hybridized carbons (Fsp3) is 0.429. The van der Waals surface area contributed by atoms with Crippen LogP contribution in [0.25, 0.3) is 11.5 Å². The molecule has 1 aromatic carbocycles. The zero-order valence-corrected chi connectivity index (χ0v) is 12.8. The van der Waals surface area contributed by atoms with Crippen molar-refractivity contribution in [2.75, 3.05) is 5.73 Å². The molecule has 1 aromatic heterocycles. The summed E-state index contributed by atoms with van der Waals surface area (Å²) in [5.41, 5.74) is 7.49. The van der Waals surface area contributed by atoms with Crippen LogP contribution in [-0.2, 0) is 0 Å². The largest absolute Gasteiger partial charge is 0.398 e. The van der Waals surface area contributed by atoms with Crippen molar-refractivity contribution in [3.8, 4) is 11.5 Å². The maximum atomic E-state index is 5.98. The molecule has 100 valence electrons. The summed E-state index contributed by atoms with van der Waals surface area (Å²) >= 11 is 2.25. The zero-order chi connectivity index (χ0) is 13.2. The topological polar surface area (TPSA) is 64.9 Å². The second-order valence-electron chi connectivity index (χ2n) is 5.02. The first-order valence-corrected chi connectivity index (χ1v) is 7.71. The van der Waals surface area contributed by atoms with E-state index in [0.29, 0.717) is 17.5 Å². The predicted molar refractivity (Wildman–Crippen MR) is 82.7 cm³/mol. The van der Waals surface area contributed by atoms with Crippen LogP contribution in [0.3, 0.4) is 0 Å². The van der Waals surface area contributed by atoms with Crippen LogP contribution in [0.2, 0.25) is 0 Å². The van der Waals surface area contributed by atoms with Gasteiger partial charge in [-0.05, 0) is 53.6 Å². The van der Waals surface area contributed by atoms with Gasteiger partial charge >= 0.3 is 0 Å². The third-order valence-corrected chi connectivity index (χ3v) is 4.33. The SMILES string of the molecule is Nc1ccc(I)cc1-c1nc(C2CCCCC2)no1. The Labute approximate surface area is 125 Å². The van der Waals surface area contributed by atoms with Crippen LogP contribution in [0.5, 0.6) is 0 Å². The number of rotatable bonds is 2. The van der Waals surface area contributed by atoms with Crippen molar-refractivity contribution >= 4 is 28.3 Å². The third kappa shape index (κ3) is 2.75. The van der Waals surface area contributed by atoms with Crippen LogP contribution in [-0.4, -0.2) is 10.1 Å². The molecule has 0 atom stereocenters. The van der Waals surface area contributed by atoms with Gasteiger partial charge in [-0.2, -0.15) is 4.98 Å². The fourth-order valence-corrected chi connectivity index (χ4v) is 3.08. The Bertz CT molecular complexity index is 576. The first kappa shape index (κ1) is 12.9. The lowest BCUT2D eigenvalue weighted by Gasteiger charge is -2.17.